The van der Waals surface area contributed by atoms with Gasteiger partial charge in [0.15, 0.2) is 0 Å². The minimum Gasteiger partial charge on any atom is -0.490 e. The maximum absolute atomic E-state index is 14.3. The Balaban J connectivity index is 1.60. The third-order valence-electron chi connectivity index (χ3n) is 8.27. The zero-order valence-electron chi connectivity index (χ0n) is 27.0. The zero-order valence-corrected chi connectivity index (χ0v) is 28.6. The molecule has 1 aliphatic heterocycles. The van der Waals surface area contributed by atoms with E-state index in [1.54, 1.807) is 53.4 Å². The van der Waals surface area contributed by atoms with Crippen molar-refractivity contribution in [3.8, 4) is 5.75 Å². The van der Waals surface area contributed by atoms with Gasteiger partial charge in [-0.25, -0.2) is 0 Å². The van der Waals surface area contributed by atoms with Gasteiger partial charge in [0.25, 0.3) is 11.8 Å². The van der Waals surface area contributed by atoms with Gasteiger partial charge in [-0.2, -0.15) is 0 Å². The van der Waals surface area contributed by atoms with E-state index in [2.05, 4.69) is 17.1 Å². The highest BCUT2D eigenvalue weighted by atomic mass is 35.5. The molecule has 0 spiro atoms. The van der Waals surface area contributed by atoms with Gasteiger partial charge in [-0.1, -0.05) is 54.4 Å². The number of rotatable bonds is 8. The molecule has 1 aliphatic rings. The van der Waals surface area contributed by atoms with Crippen LogP contribution >= 0.6 is 23.2 Å². The van der Waals surface area contributed by atoms with Crippen molar-refractivity contribution in [2.24, 2.45) is 5.92 Å². The Labute approximate surface area is 282 Å². The number of nitrogens with zero attached hydrogens (tertiary/aromatic N) is 2. The second-order valence-electron chi connectivity index (χ2n) is 12.3. The van der Waals surface area contributed by atoms with E-state index in [1.807, 2.05) is 39.1 Å². The standard InChI is InChI=1S/C36H45Cl2N3O5/c1-24-20-41(25(2)23-42)36(44)30-19-29(39-35(43)28-11-6-5-7-12-28)14-16-33(30)46-26(3)10-8-9-17-45-34(24)22-40(4)21-27-13-15-31(37)32(38)18-27/h5-7,11-16,18-19,24-26,34,42H,8-10,17,20-23H2,1-4H3,(H,39,43)/t24-,25-,26+,34-/m0/s1. The Morgan fingerprint density at radius 1 is 1.07 bits per heavy atom. The number of hydrogen-bond acceptors (Lipinski definition) is 6. The van der Waals surface area contributed by atoms with E-state index >= 15 is 0 Å². The first-order valence-corrected chi connectivity index (χ1v) is 16.6. The molecule has 4 atom stereocenters. The predicted molar refractivity (Wildman–Crippen MR) is 184 cm³/mol. The lowest BCUT2D eigenvalue weighted by Crippen LogP contribution is -2.47. The van der Waals surface area contributed by atoms with E-state index in [-0.39, 0.29) is 36.5 Å². The van der Waals surface area contributed by atoms with Crippen molar-refractivity contribution < 1.29 is 24.2 Å². The van der Waals surface area contributed by atoms with E-state index in [1.165, 1.54) is 0 Å². The molecule has 0 fully saturated rings. The Hall–Kier alpha value is -3.14. The monoisotopic (exact) mass is 669 g/mol. The van der Waals surface area contributed by atoms with Crippen LogP contribution in [0.25, 0.3) is 0 Å². The number of likely N-dealkylation sites (N-methyl/N-ethyl adjacent to an activating group) is 1. The summed E-state index contributed by atoms with van der Waals surface area (Å²) in [6, 6.07) is 19.2. The summed E-state index contributed by atoms with van der Waals surface area (Å²) in [5.41, 5.74) is 2.36. The number of ether oxygens (including phenoxy) is 2. The van der Waals surface area contributed by atoms with Crippen LogP contribution in [0.3, 0.4) is 0 Å². The molecule has 0 bridgehead atoms. The fourth-order valence-corrected chi connectivity index (χ4v) is 5.90. The van der Waals surface area contributed by atoms with E-state index in [9.17, 15) is 14.7 Å². The van der Waals surface area contributed by atoms with E-state index in [4.69, 9.17) is 32.7 Å². The number of amides is 2. The van der Waals surface area contributed by atoms with Crippen LogP contribution in [0.4, 0.5) is 5.69 Å². The number of fused-ring (bicyclic) bond motifs is 1. The predicted octanol–water partition coefficient (Wildman–Crippen LogP) is 7.17. The molecular formula is C36H45Cl2N3O5. The van der Waals surface area contributed by atoms with Crippen LogP contribution in [-0.4, -0.2) is 78.3 Å². The second kappa shape index (κ2) is 17.1. The molecule has 248 valence electrons. The molecule has 4 rings (SSSR count). The average molecular weight is 671 g/mol. The lowest BCUT2D eigenvalue weighted by molar-refractivity contribution is -0.0177. The number of aliphatic hydroxyl groups excluding tert-OH is 1. The molecule has 0 unspecified atom stereocenters. The van der Waals surface area contributed by atoms with E-state index < -0.39 is 6.04 Å². The number of carbonyl (C=O) groups excluding carboxylic acids is 2. The highest BCUT2D eigenvalue weighted by Gasteiger charge is 2.30. The molecule has 2 N–H and O–H groups in total. The molecular weight excluding hydrogens is 625 g/mol. The van der Waals surface area contributed by atoms with Crippen molar-refractivity contribution in [3.05, 3.63) is 93.5 Å². The summed E-state index contributed by atoms with van der Waals surface area (Å²) < 4.78 is 12.8. The number of hydrogen-bond donors (Lipinski definition) is 2. The maximum atomic E-state index is 14.3. The van der Waals surface area contributed by atoms with Gasteiger partial charge in [-0.05, 0) is 88.2 Å². The van der Waals surface area contributed by atoms with Gasteiger partial charge >= 0.3 is 0 Å². The molecule has 1 heterocycles. The minimum atomic E-state index is -0.467. The van der Waals surface area contributed by atoms with Crippen LogP contribution in [0.1, 0.15) is 66.3 Å². The summed E-state index contributed by atoms with van der Waals surface area (Å²) in [5, 5.41) is 14.2. The molecule has 8 nitrogen and oxygen atoms in total. The van der Waals surface area contributed by atoms with Crippen LogP contribution < -0.4 is 10.1 Å². The fourth-order valence-electron chi connectivity index (χ4n) is 5.58. The molecule has 0 radical (unpaired) electrons. The topological polar surface area (TPSA) is 91.3 Å². The van der Waals surface area contributed by atoms with Gasteiger partial charge in [0.1, 0.15) is 5.75 Å². The Bertz CT molecular complexity index is 1460. The molecule has 46 heavy (non-hydrogen) atoms. The van der Waals surface area contributed by atoms with Gasteiger partial charge in [-0.15, -0.1) is 0 Å². The van der Waals surface area contributed by atoms with E-state index in [0.29, 0.717) is 58.9 Å². The smallest absolute Gasteiger partial charge is 0.258 e. The third-order valence-corrected chi connectivity index (χ3v) is 9.01. The summed E-state index contributed by atoms with van der Waals surface area (Å²) >= 11 is 12.4. The Morgan fingerprint density at radius 3 is 2.54 bits per heavy atom. The molecule has 3 aromatic rings. The Kier molecular flexibility index (Phi) is 13.3. The van der Waals surface area contributed by atoms with E-state index in [0.717, 1.165) is 24.8 Å². The summed E-state index contributed by atoms with van der Waals surface area (Å²) in [6.07, 6.45) is 2.25. The molecule has 10 heteroatoms. The largest absolute Gasteiger partial charge is 0.490 e. The highest BCUT2D eigenvalue weighted by molar-refractivity contribution is 6.42. The maximum Gasteiger partial charge on any atom is 0.258 e. The lowest BCUT2D eigenvalue weighted by atomic mass is 10.0. The number of carbonyl (C=O) groups is 2. The zero-order chi connectivity index (χ0) is 33.2. The SMILES string of the molecule is C[C@@H]1CCCCO[C@@H](CN(C)Cc2ccc(Cl)c(Cl)c2)[C@@H](C)CN([C@@H](C)CO)C(=O)c2cc(NC(=O)c3ccccc3)ccc2O1. The van der Waals surface area contributed by atoms with Crippen LogP contribution in [0.2, 0.25) is 10.0 Å². The van der Waals surface area contributed by atoms with Gasteiger partial charge in [0.05, 0.1) is 40.5 Å². The summed E-state index contributed by atoms with van der Waals surface area (Å²) in [4.78, 5) is 31.1. The van der Waals surface area contributed by atoms with Crippen molar-refractivity contribution in [3.63, 3.8) is 0 Å². The van der Waals surface area contributed by atoms with Crippen molar-refractivity contribution in [1.82, 2.24) is 9.80 Å². The molecule has 0 saturated carbocycles. The fraction of sp³-hybridized carbons (Fsp3) is 0.444. The highest BCUT2D eigenvalue weighted by Crippen LogP contribution is 2.29. The van der Waals surface area contributed by atoms with Crippen LogP contribution in [0.15, 0.2) is 66.7 Å². The van der Waals surface area contributed by atoms with Gasteiger partial charge < -0.3 is 24.8 Å². The second-order valence-corrected chi connectivity index (χ2v) is 13.1. The van der Waals surface area contributed by atoms with Gasteiger partial charge in [0.2, 0.25) is 0 Å². The van der Waals surface area contributed by atoms with Crippen molar-refractivity contribution in [2.75, 3.05) is 38.7 Å². The number of halogens is 2. The van der Waals surface area contributed by atoms with Crippen LogP contribution in [0.5, 0.6) is 5.75 Å². The molecule has 0 aliphatic carbocycles. The molecule has 3 aromatic carbocycles. The summed E-state index contributed by atoms with van der Waals surface area (Å²) in [6.45, 7) is 7.89. The minimum absolute atomic E-state index is 0.0681. The van der Waals surface area contributed by atoms with Gasteiger partial charge in [-0.3, -0.25) is 14.5 Å². The Morgan fingerprint density at radius 2 is 1.83 bits per heavy atom. The van der Waals surface area contributed by atoms with Crippen molar-refractivity contribution in [2.45, 2.75) is 64.8 Å². The first-order chi connectivity index (χ1) is 22.0. The number of benzene rings is 3. The lowest BCUT2D eigenvalue weighted by Gasteiger charge is -2.36. The number of aliphatic hydroxyl groups is 1. The molecule has 2 amide bonds. The molecule has 0 saturated heterocycles. The average Bonchev–Trinajstić information content (AvgIpc) is 3.04. The normalized spacial score (nSPS) is 20.4. The first-order valence-electron chi connectivity index (χ1n) is 15.9. The number of nitrogens with one attached hydrogen (secondary N) is 1. The van der Waals surface area contributed by atoms with Crippen LogP contribution in [-0.2, 0) is 11.3 Å². The summed E-state index contributed by atoms with van der Waals surface area (Å²) in [7, 11) is 2.03. The summed E-state index contributed by atoms with van der Waals surface area (Å²) in [5.74, 6) is -0.181. The molecule has 0 aromatic heterocycles. The quantitative estimate of drug-likeness (QED) is 0.264. The van der Waals surface area contributed by atoms with Crippen LogP contribution in [0, 0.1) is 5.92 Å². The van der Waals surface area contributed by atoms with Crippen molar-refractivity contribution in [1.29, 1.82) is 0 Å². The number of anilines is 1. The third kappa shape index (κ3) is 9.93. The van der Waals surface area contributed by atoms with Gasteiger partial charge in [0, 0.05) is 43.4 Å². The van der Waals surface area contributed by atoms with Crippen molar-refractivity contribution >= 4 is 40.7 Å². The first kappa shape index (κ1) is 35.7.